The van der Waals surface area contributed by atoms with Gasteiger partial charge in [-0.3, -0.25) is 0 Å². The average Bonchev–Trinajstić information content (AvgIpc) is 2.29. The molecule has 0 radical (unpaired) electrons. The minimum absolute atomic E-state index is 0.167. The Morgan fingerprint density at radius 2 is 2.41 bits per heavy atom. The zero-order valence-electron chi connectivity index (χ0n) is 10.6. The number of rotatable bonds is 3. The van der Waals surface area contributed by atoms with Crippen LogP contribution in [0, 0.1) is 12.8 Å². The van der Waals surface area contributed by atoms with E-state index < -0.39 is 0 Å². The molecule has 94 valence electrons. The van der Waals surface area contributed by atoms with E-state index in [1.165, 1.54) is 12.8 Å². The van der Waals surface area contributed by atoms with Gasteiger partial charge in [-0.05, 0) is 31.7 Å². The highest BCUT2D eigenvalue weighted by molar-refractivity contribution is 5.37. The van der Waals surface area contributed by atoms with E-state index in [1.54, 1.807) is 6.20 Å². The van der Waals surface area contributed by atoms with Gasteiger partial charge in [-0.1, -0.05) is 19.8 Å². The van der Waals surface area contributed by atoms with Crippen LogP contribution in [0.5, 0.6) is 0 Å². The van der Waals surface area contributed by atoms with E-state index in [0.29, 0.717) is 5.92 Å². The van der Waals surface area contributed by atoms with Crippen LogP contribution in [0.2, 0.25) is 0 Å². The van der Waals surface area contributed by atoms with Crippen LogP contribution in [-0.2, 0) is 0 Å². The number of aliphatic hydroxyl groups excluding tert-OH is 1. The topological polar surface area (TPSA) is 58.0 Å². The lowest BCUT2D eigenvalue weighted by molar-refractivity contribution is 0.149. The molecule has 2 atom stereocenters. The Kier molecular flexibility index (Phi) is 3.62. The van der Waals surface area contributed by atoms with Gasteiger partial charge in [0.15, 0.2) is 0 Å². The molecule has 1 aromatic heterocycles. The second-order valence-electron chi connectivity index (χ2n) is 5.25. The Hall–Kier alpha value is -1.16. The summed E-state index contributed by atoms with van der Waals surface area (Å²) in [6.07, 6.45) is 6.19. The molecule has 1 aliphatic rings. The van der Waals surface area contributed by atoms with Crippen molar-refractivity contribution in [3.63, 3.8) is 0 Å². The van der Waals surface area contributed by atoms with Crippen LogP contribution in [0.1, 0.15) is 38.4 Å². The molecule has 17 heavy (non-hydrogen) atoms. The smallest absolute Gasteiger partial charge is 0.130 e. The van der Waals surface area contributed by atoms with Crippen molar-refractivity contribution in [2.24, 2.45) is 5.92 Å². The predicted molar refractivity (Wildman–Crippen MR) is 67.8 cm³/mol. The molecule has 2 unspecified atom stereocenters. The standard InChI is InChI=1S/C13H21N3O/c1-10-4-3-6-13(8-10,9-17)16-12-5-7-14-11(2)15-12/h5,7,10,17H,3-4,6,8-9H2,1-2H3,(H,14,15,16). The number of nitrogens with one attached hydrogen (secondary N) is 1. The highest BCUT2D eigenvalue weighted by Crippen LogP contribution is 2.34. The number of nitrogens with zero attached hydrogens (tertiary/aromatic N) is 2. The third-order valence-corrected chi connectivity index (χ3v) is 3.56. The van der Waals surface area contributed by atoms with Crippen molar-refractivity contribution in [1.29, 1.82) is 0 Å². The molecule has 1 saturated carbocycles. The molecule has 1 aliphatic carbocycles. The van der Waals surface area contributed by atoms with Crippen molar-refractivity contribution in [2.75, 3.05) is 11.9 Å². The Morgan fingerprint density at radius 1 is 1.59 bits per heavy atom. The first-order valence-corrected chi connectivity index (χ1v) is 6.32. The van der Waals surface area contributed by atoms with Crippen LogP contribution in [0.3, 0.4) is 0 Å². The number of hydrogen-bond acceptors (Lipinski definition) is 4. The molecule has 1 heterocycles. The van der Waals surface area contributed by atoms with Gasteiger partial charge in [-0.2, -0.15) is 0 Å². The van der Waals surface area contributed by atoms with E-state index in [9.17, 15) is 5.11 Å². The van der Waals surface area contributed by atoms with Crippen molar-refractivity contribution >= 4 is 5.82 Å². The van der Waals surface area contributed by atoms with E-state index in [-0.39, 0.29) is 12.1 Å². The predicted octanol–water partition coefficient (Wildman–Crippen LogP) is 2.14. The highest BCUT2D eigenvalue weighted by Gasteiger charge is 2.34. The van der Waals surface area contributed by atoms with Crippen LogP contribution < -0.4 is 5.32 Å². The fourth-order valence-corrected chi connectivity index (χ4v) is 2.75. The monoisotopic (exact) mass is 235 g/mol. The summed E-state index contributed by atoms with van der Waals surface area (Å²) < 4.78 is 0. The molecule has 0 saturated heterocycles. The van der Waals surface area contributed by atoms with Crippen molar-refractivity contribution in [2.45, 2.75) is 45.1 Å². The number of aliphatic hydroxyl groups is 1. The Balaban J connectivity index is 2.13. The maximum Gasteiger partial charge on any atom is 0.130 e. The minimum atomic E-state index is -0.196. The van der Waals surface area contributed by atoms with Gasteiger partial charge in [-0.25, -0.2) is 9.97 Å². The summed E-state index contributed by atoms with van der Waals surface area (Å²) in [6.45, 7) is 4.29. The molecular formula is C13H21N3O. The SMILES string of the molecule is Cc1nccc(NC2(CO)CCCC(C)C2)n1. The van der Waals surface area contributed by atoms with Crippen LogP contribution in [0.25, 0.3) is 0 Å². The molecule has 0 amide bonds. The summed E-state index contributed by atoms with van der Waals surface area (Å²) in [5.74, 6) is 2.24. The molecule has 1 fully saturated rings. The van der Waals surface area contributed by atoms with Gasteiger partial charge in [0.2, 0.25) is 0 Å². The first-order chi connectivity index (χ1) is 8.13. The Labute approximate surface area is 102 Å². The van der Waals surface area contributed by atoms with Gasteiger partial charge in [-0.15, -0.1) is 0 Å². The zero-order valence-corrected chi connectivity index (χ0v) is 10.6. The lowest BCUT2D eigenvalue weighted by Gasteiger charge is -2.39. The fraction of sp³-hybridized carbons (Fsp3) is 0.692. The summed E-state index contributed by atoms with van der Waals surface area (Å²) in [6, 6.07) is 1.86. The van der Waals surface area contributed by atoms with Gasteiger partial charge in [0.1, 0.15) is 11.6 Å². The quantitative estimate of drug-likeness (QED) is 0.842. The molecule has 0 spiro atoms. The number of hydrogen-bond donors (Lipinski definition) is 2. The first-order valence-electron chi connectivity index (χ1n) is 6.32. The lowest BCUT2D eigenvalue weighted by atomic mass is 9.77. The molecular weight excluding hydrogens is 214 g/mol. The van der Waals surface area contributed by atoms with E-state index in [4.69, 9.17) is 0 Å². The van der Waals surface area contributed by atoms with Gasteiger partial charge in [0.25, 0.3) is 0 Å². The summed E-state index contributed by atoms with van der Waals surface area (Å²) in [5, 5.41) is 13.1. The van der Waals surface area contributed by atoms with Crippen molar-refractivity contribution in [3.8, 4) is 0 Å². The van der Waals surface area contributed by atoms with Crippen LogP contribution >= 0.6 is 0 Å². The third kappa shape index (κ3) is 2.94. The molecule has 4 heteroatoms. The maximum absolute atomic E-state index is 9.68. The minimum Gasteiger partial charge on any atom is -0.394 e. The van der Waals surface area contributed by atoms with Gasteiger partial charge in [0, 0.05) is 6.20 Å². The summed E-state index contributed by atoms with van der Waals surface area (Å²) in [4.78, 5) is 8.43. The van der Waals surface area contributed by atoms with E-state index in [0.717, 1.165) is 24.5 Å². The molecule has 2 N–H and O–H groups in total. The van der Waals surface area contributed by atoms with Crippen LogP contribution in [0.4, 0.5) is 5.82 Å². The fourth-order valence-electron chi connectivity index (χ4n) is 2.75. The summed E-state index contributed by atoms with van der Waals surface area (Å²) in [7, 11) is 0. The second kappa shape index (κ2) is 5.00. The molecule has 0 aliphatic heterocycles. The number of anilines is 1. The summed E-state index contributed by atoms with van der Waals surface area (Å²) in [5.41, 5.74) is -0.196. The zero-order chi connectivity index (χ0) is 12.3. The van der Waals surface area contributed by atoms with Crippen molar-refractivity contribution in [3.05, 3.63) is 18.1 Å². The van der Waals surface area contributed by atoms with E-state index >= 15 is 0 Å². The molecule has 0 bridgehead atoms. The Bertz CT molecular complexity index is 383. The molecule has 1 aromatic rings. The number of aromatic nitrogens is 2. The van der Waals surface area contributed by atoms with Gasteiger partial charge < -0.3 is 10.4 Å². The van der Waals surface area contributed by atoms with Gasteiger partial charge in [0.05, 0.1) is 12.1 Å². The van der Waals surface area contributed by atoms with E-state index in [2.05, 4.69) is 22.2 Å². The van der Waals surface area contributed by atoms with Crippen molar-refractivity contribution < 1.29 is 5.11 Å². The maximum atomic E-state index is 9.68. The normalized spacial score (nSPS) is 29.0. The van der Waals surface area contributed by atoms with Crippen LogP contribution in [-0.4, -0.2) is 27.2 Å². The number of aryl methyl sites for hydroxylation is 1. The van der Waals surface area contributed by atoms with Crippen molar-refractivity contribution in [1.82, 2.24) is 9.97 Å². The molecule has 4 nitrogen and oxygen atoms in total. The highest BCUT2D eigenvalue weighted by atomic mass is 16.3. The summed E-state index contributed by atoms with van der Waals surface area (Å²) >= 11 is 0. The molecule has 0 aromatic carbocycles. The first kappa shape index (κ1) is 12.3. The van der Waals surface area contributed by atoms with Gasteiger partial charge >= 0.3 is 0 Å². The largest absolute Gasteiger partial charge is 0.394 e. The molecule has 2 rings (SSSR count). The van der Waals surface area contributed by atoms with Crippen LogP contribution in [0.15, 0.2) is 12.3 Å². The lowest BCUT2D eigenvalue weighted by Crippen LogP contribution is -2.46. The second-order valence-corrected chi connectivity index (χ2v) is 5.25. The Morgan fingerprint density at radius 3 is 3.06 bits per heavy atom. The average molecular weight is 235 g/mol. The third-order valence-electron chi connectivity index (χ3n) is 3.56. The van der Waals surface area contributed by atoms with E-state index in [1.807, 2.05) is 13.0 Å².